The van der Waals surface area contributed by atoms with E-state index in [0.29, 0.717) is 52.5 Å². The molecule has 0 radical (unpaired) electrons. The molecule has 2 aromatic carbocycles. The molecule has 202 valence electrons. The predicted molar refractivity (Wildman–Crippen MR) is 143 cm³/mol. The van der Waals surface area contributed by atoms with Crippen molar-refractivity contribution in [3.63, 3.8) is 0 Å². The molecule has 1 aliphatic carbocycles. The average molecular weight is 522 g/mol. The van der Waals surface area contributed by atoms with Gasteiger partial charge in [0.25, 0.3) is 0 Å². The zero-order valence-corrected chi connectivity index (χ0v) is 22.8. The summed E-state index contributed by atoms with van der Waals surface area (Å²) in [6, 6.07) is 11.4. The number of carbonyl (C=O) groups excluding carboxylic acids is 2. The van der Waals surface area contributed by atoms with Gasteiger partial charge >= 0.3 is 5.97 Å². The smallest absolute Gasteiger partial charge is 0.336 e. The number of Topliss-reactive ketones (excluding diaryl/α,β-unsaturated/α-hetero) is 1. The van der Waals surface area contributed by atoms with E-state index in [0.717, 1.165) is 17.0 Å². The first kappa shape index (κ1) is 27.1. The Balaban J connectivity index is 1.87. The van der Waals surface area contributed by atoms with Crippen LogP contribution in [0.15, 0.2) is 58.9 Å². The van der Waals surface area contributed by atoms with Crippen LogP contribution in [0.2, 0.25) is 0 Å². The van der Waals surface area contributed by atoms with Crippen molar-refractivity contribution in [3.05, 3.63) is 70.1 Å². The zero-order chi connectivity index (χ0) is 27.4. The van der Waals surface area contributed by atoms with Crippen LogP contribution in [-0.4, -0.2) is 46.8 Å². The molecule has 0 bridgehead atoms. The van der Waals surface area contributed by atoms with Crippen LogP contribution in [0.3, 0.4) is 0 Å². The Bertz CT molecular complexity index is 1270. The second-order valence-electron chi connectivity index (χ2n) is 9.35. The van der Waals surface area contributed by atoms with Crippen molar-refractivity contribution in [2.75, 3.05) is 35.0 Å². The fraction of sp³-hybridized carbons (Fsp3) is 0.400. The third-order valence-corrected chi connectivity index (χ3v) is 7.08. The second kappa shape index (κ2) is 11.6. The first-order valence-corrected chi connectivity index (χ1v) is 12.7. The molecule has 0 fully saturated rings. The number of methoxy groups -OCH3 is 4. The maximum absolute atomic E-state index is 13.9. The van der Waals surface area contributed by atoms with Gasteiger partial charge in [-0.05, 0) is 49.1 Å². The van der Waals surface area contributed by atoms with Gasteiger partial charge in [-0.2, -0.15) is 0 Å². The summed E-state index contributed by atoms with van der Waals surface area (Å²) < 4.78 is 27.8. The molecule has 2 aliphatic rings. The number of ketones is 1. The quantitative estimate of drug-likeness (QED) is 0.459. The number of rotatable bonds is 9. The van der Waals surface area contributed by atoms with E-state index in [-0.39, 0.29) is 24.7 Å². The lowest BCUT2D eigenvalue weighted by molar-refractivity contribution is -0.139. The zero-order valence-electron chi connectivity index (χ0n) is 22.8. The van der Waals surface area contributed by atoms with E-state index < -0.39 is 11.9 Å². The Morgan fingerprint density at radius 3 is 2.21 bits per heavy atom. The highest BCUT2D eigenvalue weighted by Gasteiger charge is 2.42. The minimum absolute atomic E-state index is 0.0401. The first-order chi connectivity index (χ1) is 18.4. The molecule has 0 amide bonds. The van der Waals surface area contributed by atoms with Gasteiger partial charge in [-0.3, -0.25) is 4.79 Å². The van der Waals surface area contributed by atoms with Crippen LogP contribution in [0, 0.1) is 0 Å². The first-order valence-electron chi connectivity index (χ1n) is 12.7. The van der Waals surface area contributed by atoms with E-state index in [2.05, 4.69) is 5.32 Å². The van der Waals surface area contributed by atoms with Crippen molar-refractivity contribution in [1.82, 2.24) is 5.32 Å². The van der Waals surface area contributed by atoms with Gasteiger partial charge in [0.1, 0.15) is 5.75 Å². The van der Waals surface area contributed by atoms with Crippen molar-refractivity contribution in [2.24, 2.45) is 0 Å². The lowest BCUT2D eigenvalue weighted by atomic mass is 9.71. The Morgan fingerprint density at radius 2 is 1.61 bits per heavy atom. The number of hydrogen-bond acceptors (Lipinski definition) is 8. The van der Waals surface area contributed by atoms with Crippen LogP contribution in [0.25, 0.3) is 0 Å². The van der Waals surface area contributed by atoms with E-state index in [4.69, 9.17) is 23.7 Å². The number of carbonyl (C=O) groups is 2. The van der Waals surface area contributed by atoms with Crippen LogP contribution < -0.4 is 24.3 Å². The van der Waals surface area contributed by atoms with Crippen molar-refractivity contribution in [3.8, 4) is 23.0 Å². The molecule has 1 aliphatic heterocycles. The normalized spacial score (nSPS) is 18.9. The molecule has 38 heavy (non-hydrogen) atoms. The minimum Gasteiger partial charge on any atom is -0.496 e. The number of dihydropyridines is 1. The van der Waals surface area contributed by atoms with Gasteiger partial charge in [0.15, 0.2) is 17.3 Å². The van der Waals surface area contributed by atoms with Gasteiger partial charge in [-0.25, -0.2) is 4.79 Å². The molecule has 2 atom stereocenters. The number of benzene rings is 2. The van der Waals surface area contributed by atoms with Crippen molar-refractivity contribution in [2.45, 2.75) is 44.9 Å². The monoisotopic (exact) mass is 521 g/mol. The predicted octanol–water partition coefficient (Wildman–Crippen LogP) is 5.04. The lowest BCUT2D eigenvalue weighted by Crippen LogP contribution is -2.36. The van der Waals surface area contributed by atoms with Crippen LogP contribution in [-0.2, 0) is 14.3 Å². The number of allylic oxidation sites excluding steroid dienone is 3. The van der Waals surface area contributed by atoms with Gasteiger partial charge in [0, 0.05) is 35.2 Å². The third kappa shape index (κ3) is 4.95. The van der Waals surface area contributed by atoms with E-state index in [1.165, 1.54) is 21.3 Å². The Morgan fingerprint density at radius 1 is 0.947 bits per heavy atom. The molecule has 2 aromatic rings. The van der Waals surface area contributed by atoms with Crippen LogP contribution in [0.4, 0.5) is 0 Å². The van der Waals surface area contributed by atoms with Gasteiger partial charge in [0.05, 0.1) is 40.6 Å². The standard InChI is InChI=1S/C30H35NO7/c1-7-12-38-30(33)26-17(2)31-21-13-18(20-10-8-9-11-23(20)34-3)14-22(32)28(21)27(26)19-15-24(35-4)29(37-6)25(16-19)36-5/h8-11,15-16,18,27,31H,7,12-14H2,1-6H3. The minimum atomic E-state index is -0.657. The maximum Gasteiger partial charge on any atom is 0.336 e. The maximum atomic E-state index is 13.9. The molecule has 1 heterocycles. The highest BCUT2D eigenvalue weighted by molar-refractivity contribution is 6.04. The molecular formula is C30H35NO7. The highest BCUT2D eigenvalue weighted by Crippen LogP contribution is 2.49. The number of para-hydroxylation sites is 1. The number of hydrogen-bond donors (Lipinski definition) is 1. The number of nitrogens with one attached hydrogen (secondary N) is 1. The van der Waals surface area contributed by atoms with Crippen molar-refractivity contribution >= 4 is 11.8 Å². The summed E-state index contributed by atoms with van der Waals surface area (Å²) in [5, 5.41) is 3.38. The summed E-state index contributed by atoms with van der Waals surface area (Å²) in [5.74, 6) is 0.852. The van der Waals surface area contributed by atoms with E-state index in [9.17, 15) is 9.59 Å². The number of esters is 1. The van der Waals surface area contributed by atoms with Crippen LogP contribution in [0.1, 0.15) is 56.1 Å². The van der Waals surface area contributed by atoms with Gasteiger partial charge in [-0.15, -0.1) is 0 Å². The molecule has 0 spiro atoms. The van der Waals surface area contributed by atoms with Crippen LogP contribution >= 0.6 is 0 Å². The largest absolute Gasteiger partial charge is 0.496 e. The SMILES string of the molecule is CCCOC(=O)C1=C(C)NC2=C(C(=O)CC(c3ccccc3OC)C2)C1c1cc(OC)c(OC)c(OC)c1. The second-order valence-corrected chi connectivity index (χ2v) is 9.35. The van der Waals surface area contributed by atoms with E-state index in [1.54, 1.807) is 19.2 Å². The summed E-state index contributed by atoms with van der Waals surface area (Å²) in [6.45, 7) is 4.06. The molecule has 4 rings (SSSR count). The molecular weight excluding hydrogens is 486 g/mol. The highest BCUT2D eigenvalue weighted by atomic mass is 16.5. The Hall–Kier alpha value is -3.94. The van der Waals surface area contributed by atoms with Crippen molar-refractivity contribution < 1.29 is 33.3 Å². The summed E-state index contributed by atoms with van der Waals surface area (Å²) in [6.07, 6.45) is 1.57. The summed E-state index contributed by atoms with van der Waals surface area (Å²) in [7, 11) is 6.24. The molecule has 0 saturated carbocycles. The lowest BCUT2D eigenvalue weighted by Gasteiger charge is -2.37. The molecule has 8 nitrogen and oxygen atoms in total. The summed E-state index contributed by atoms with van der Waals surface area (Å²) in [5.41, 5.74) is 4.06. The average Bonchev–Trinajstić information content (AvgIpc) is 2.93. The summed E-state index contributed by atoms with van der Waals surface area (Å²) in [4.78, 5) is 27.3. The summed E-state index contributed by atoms with van der Waals surface area (Å²) >= 11 is 0. The molecule has 8 heteroatoms. The van der Waals surface area contributed by atoms with Gasteiger partial charge in [0.2, 0.25) is 5.75 Å². The topological polar surface area (TPSA) is 92.3 Å². The van der Waals surface area contributed by atoms with E-state index in [1.807, 2.05) is 38.1 Å². The molecule has 0 aromatic heterocycles. The molecule has 1 N–H and O–H groups in total. The number of ether oxygens (including phenoxy) is 5. The Kier molecular flexibility index (Phi) is 8.29. The molecule has 0 saturated heterocycles. The fourth-order valence-corrected chi connectivity index (χ4v) is 5.41. The van der Waals surface area contributed by atoms with Crippen molar-refractivity contribution in [1.29, 1.82) is 0 Å². The fourth-order valence-electron chi connectivity index (χ4n) is 5.41. The van der Waals surface area contributed by atoms with E-state index >= 15 is 0 Å². The molecule has 2 unspecified atom stereocenters. The van der Waals surface area contributed by atoms with Gasteiger partial charge < -0.3 is 29.0 Å². The Labute approximate surface area is 223 Å². The van der Waals surface area contributed by atoms with Crippen LogP contribution in [0.5, 0.6) is 23.0 Å². The van der Waals surface area contributed by atoms with Gasteiger partial charge in [-0.1, -0.05) is 25.1 Å². The third-order valence-electron chi connectivity index (χ3n) is 7.08.